The van der Waals surface area contributed by atoms with Crippen LogP contribution in [0.3, 0.4) is 0 Å². The fourth-order valence-electron chi connectivity index (χ4n) is 3.19. The van der Waals surface area contributed by atoms with Gasteiger partial charge in [-0.25, -0.2) is 0 Å². The Bertz CT molecular complexity index is 604. The summed E-state index contributed by atoms with van der Waals surface area (Å²) in [5.41, 5.74) is 5.77. The zero-order valence-corrected chi connectivity index (χ0v) is 11.0. The molecule has 0 saturated heterocycles. The van der Waals surface area contributed by atoms with Crippen LogP contribution in [0.5, 0.6) is 0 Å². The van der Waals surface area contributed by atoms with Crippen molar-refractivity contribution in [2.45, 2.75) is 18.8 Å². The van der Waals surface area contributed by atoms with E-state index in [0.717, 1.165) is 22.3 Å². The van der Waals surface area contributed by atoms with Crippen molar-refractivity contribution >= 4 is 0 Å². The van der Waals surface area contributed by atoms with Gasteiger partial charge < -0.3 is 10.2 Å². The smallest absolute Gasteiger partial charge is 0.0540 e. The van der Waals surface area contributed by atoms with Crippen molar-refractivity contribution in [3.05, 3.63) is 70.3 Å². The Morgan fingerprint density at radius 1 is 0.789 bits per heavy atom. The quantitative estimate of drug-likeness (QED) is 0.864. The third-order valence-electron chi connectivity index (χ3n) is 4.11. The van der Waals surface area contributed by atoms with E-state index in [2.05, 4.69) is 37.3 Å². The molecule has 0 bridgehead atoms. The Kier molecular flexibility index (Phi) is 3.13. The lowest BCUT2D eigenvalue weighted by Gasteiger charge is -2.32. The molecule has 0 saturated carbocycles. The summed E-state index contributed by atoms with van der Waals surface area (Å²) in [6.07, 6.45) is 0. The number of rotatable bonds is 2. The van der Waals surface area contributed by atoms with Gasteiger partial charge in [-0.1, -0.05) is 48.0 Å². The molecule has 0 aliphatic heterocycles. The predicted molar refractivity (Wildman–Crippen MR) is 75.5 cm³/mol. The molecule has 0 fully saturated rings. The van der Waals surface area contributed by atoms with Crippen molar-refractivity contribution in [2.24, 2.45) is 0 Å². The molecule has 2 heteroatoms. The highest BCUT2D eigenvalue weighted by Crippen LogP contribution is 2.42. The van der Waals surface area contributed by atoms with Gasteiger partial charge in [-0.3, -0.25) is 0 Å². The van der Waals surface area contributed by atoms with Crippen LogP contribution in [0.4, 0.5) is 0 Å². The zero-order valence-electron chi connectivity index (χ0n) is 11.0. The third kappa shape index (κ3) is 1.88. The Morgan fingerprint density at radius 3 is 1.89 bits per heavy atom. The Morgan fingerprint density at radius 2 is 1.32 bits per heavy atom. The second-order valence-electron chi connectivity index (χ2n) is 5.23. The van der Waals surface area contributed by atoms with Crippen molar-refractivity contribution in [2.75, 3.05) is 13.2 Å². The summed E-state index contributed by atoms with van der Waals surface area (Å²) in [6, 6.07) is 14.4. The van der Waals surface area contributed by atoms with Gasteiger partial charge in [-0.2, -0.15) is 0 Å². The van der Waals surface area contributed by atoms with Crippen LogP contribution in [-0.2, 0) is 0 Å². The van der Waals surface area contributed by atoms with Crippen LogP contribution in [0, 0.1) is 6.92 Å². The normalized spacial score (nSPS) is 20.8. The Hall–Kier alpha value is -1.64. The molecule has 2 N–H and O–H groups in total. The van der Waals surface area contributed by atoms with Crippen LogP contribution in [-0.4, -0.2) is 23.4 Å². The van der Waals surface area contributed by atoms with E-state index < -0.39 is 0 Å². The fraction of sp³-hybridized carbons (Fsp3) is 0.294. The van der Waals surface area contributed by atoms with Crippen molar-refractivity contribution in [1.29, 1.82) is 0 Å². The van der Waals surface area contributed by atoms with Crippen LogP contribution in [0.1, 0.15) is 39.7 Å². The molecule has 3 rings (SSSR count). The lowest BCUT2D eigenvalue weighted by atomic mass is 9.72. The van der Waals surface area contributed by atoms with Crippen molar-refractivity contribution in [1.82, 2.24) is 0 Å². The molecule has 2 aromatic carbocycles. The molecule has 19 heavy (non-hydrogen) atoms. The topological polar surface area (TPSA) is 40.5 Å². The van der Waals surface area contributed by atoms with E-state index in [1.807, 2.05) is 12.1 Å². The van der Waals surface area contributed by atoms with E-state index in [4.69, 9.17) is 0 Å². The highest BCUT2D eigenvalue weighted by Gasteiger charge is 2.31. The summed E-state index contributed by atoms with van der Waals surface area (Å²) < 4.78 is 0. The van der Waals surface area contributed by atoms with Gasteiger partial charge in [0.2, 0.25) is 0 Å². The van der Waals surface area contributed by atoms with E-state index in [1.165, 1.54) is 5.56 Å². The van der Waals surface area contributed by atoms with Crippen molar-refractivity contribution in [3.63, 3.8) is 0 Å². The first-order chi connectivity index (χ1) is 9.26. The predicted octanol–water partition coefficient (Wildman–Crippen LogP) is 2.56. The largest absolute Gasteiger partial charge is 0.395 e. The van der Waals surface area contributed by atoms with Gasteiger partial charge in [0.25, 0.3) is 0 Å². The minimum Gasteiger partial charge on any atom is -0.395 e. The van der Waals surface area contributed by atoms with Gasteiger partial charge in [-0.15, -0.1) is 0 Å². The molecule has 98 valence electrons. The molecule has 1 aliphatic rings. The van der Waals surface area contributed by atoms with Gasteiger partial charge in [0.05, 0.1) is 13.2 Å². The summed E-state index contributed by atoms with van der Waals surface area (Å²) >= 11 is 0. The Labute approximate surface area is 113 Å². The minimum absolute atomic E-state index is 0.0221. The summed E-state index contributed by atoms with van der Waals surface area (Å²) in [6.45, 7) is 2.26. The highest BCUT2D eigenvalue weighted by atomic mass is 16.3. The number of aryl methyl sites for hydroxylation is 1. The van der Waals surface area contributed by atoms with Gasteiger partial charge in [0.1, 0.15) is 0 Å². The lowest BCUT2D eigenvalue weighted by molar-refractivity contribution is 0.262. The first-order valence-electron chi connectivity index (χ1n) is 6.67. The second kappa shape index (κ2) is 4.80. The van der Waals surface area contributed by atoms with Crippen LogP contribution >= 0.6 is 0 Å². The molecule has 1 aliphatic carbocycles. The first kappa shape index (κ1) is 12.4. The van der Waals surface area contributed by atoms with E-state index in [9.17, 15) is 10.2 Å². The van der Waals surface area contributed by atoms with Gasteiger partial charge in [-0.05, 0) is 29.2 Å². The first-order valence-corrected chi connectivity index (χ1v) is 6.67. The van der Waals surface area contributed by atoms with Crippen LogP contribution in [0.25, 0.3) is 0 Å². The maximum atomic E-state index is 9.77. The number of fused-ring (bicyclic) bond motifs is 2. The number of hydrogen-bond acceptors (Lipinski definition) is 2. The molecule has 0 aromatic heterocycles. The highest BCUT2D eigenvalue weighted by molar-refractivity contribution is 5.53. The molecule has 0 amide bonds. The number of aliphatic hydroxyl groups is 2. The lowest BCUT2D eigenvalue weighted by Crippen LogP contribution is -2.22. The minimum atomic E-state index is 0.0221. The monoisotopic (exact) mass is 254 g/mol. The van der Waals surface area contributed by atoms with Crippen LogP contribution in [0.15, 0.2) is 42.5 Å². The SMILES string of the molecule is Cc1ccc2c(c1)C(CO)c1ccccc1C2CO. The third-order valence-corrected chi connectivity index (χ3v) is 4.11. The van der Waals surface area contributed by atoms with Crippen molar-refractivity contribution in [3.8, 4) is 0 Å². The maximum Gasteiger partial charge on any atom is 0.0540 e. The number of hydrogen-bond donors (Lipinski definition) is 2. The summed E-state index contributed by atoms with van der Waals surface area (Å²) in [4.78, 5) is 0. The van der Waals surface area contributed by atoms with E-state index >= 15 is 0 Å². The molecule has 0 heterocycles. The molecular weight excluding hydrogens is 236 g/mol. The molecular formula is C17H18O2. The molecule has 0 radical (unpaired) electrons. The average Bonchev–Trinajstić information content (AvgIpc) is 2.44. The Balaban J connectivity index is 2.26. The summed E-state index contributed by atoms with van der Waals surface area (Å²) in [5, 5.41) is 19.5. The van der Waals surface area contributed by atoms with Crippen LogP contribution < -0.4 is 0 Å². The van der Waals surface area contributed by atoms with E-state index in [1.54, 1.807) is 0 Å². The second-order valence-corrected chi connectivity index (χ2v) is 5.23. The van der Waals surface area contributed by atoms with Gasteiger partial charge in [0, 0.05) is 11.8 Å². The van der Waals surface area contributed by atoms with E-state index in [-0.39, 0.29) is 25.0 Å². The number of aliphatic hydroxyl groups excluding tert-OH is 2. The maximum absolute atomic E-state index is 9.77. The molecule has 2 nitrogen and oxygen atoms in total. The summed E-state index contributed by atoms with van der Waals surface area (Å²) in [7, 11) is 0. The van der Waals surface area contributed by atoms with Crippen molar-refractivity contribution < 1.29 is 10.2 Å². The molecule has 0 spiro atoms. The molecule has 2 unspecified atom stereocenters. The zero-order chi connectivity index (χ0) is 13.4. The average molecular weight is 254 g/mol. The van der Waals surface area contributed by atoms with E-state index in [0.29, 0.717) is 0 Å². The standard InChI is InChI=1S/C17H18O2/c1-11-6-7-14-15(8-11)17(10-19)13-5-3-2-4-12(13)16(14)9-18/h2-8,16-19H,9-10H2,1H3. The molecule has 2 aromatic rings. The summed E-state index contributed by atoms with van der Waals surface area (Å²) in [5.74, 6) is 0.0449. The van der Waals surface area contributed by atoms with Gasteiger partial charge >= 0.3 is 0 Å². The number of benzene rings is 2. The van der Waals surface area contributed by atoms with Crippen LogP contribution in [0.2, 0.25) is 0 Å². The molecule has 2 atom stereocenters. The fourth-order valence-corrected chi connectivity index (χ4v) is 3.19. The van der Waals surface area contributed by atoms with Gasteiger partial charge in [0.15, 0.2) is 0 Å².